The van der Waals surface area contributed by atoms with Crippen LogP contribution in [0, 0.1) is 5.92 Å². The van der Waals surface area contributed by atoms with Gasteiger partial charge < -0.3 is 15.3 Å². The van der Waals surface area contributed by atoms with E-state index in [1.165, 1.54) is 18.8 Å². The number of nitrogens with one attached hydrogen (secondary N) is 1. The molecule has 1 aliphatic heterocycles. The summed E-state index contributed by atoms with van der Waals surface area (Å²) in [5.41, 5.74) is 0.351. The van der Waals surface area contributed by atoms with Crippen LogP contribution in [0.25, 0.3) is 0 Å². The molecule has 104 valence electrons. The van der Waals surface area contributed by atoms with Crippen molar-refractivity contribution in [2.75, 3.05) is 26.7 Å². The first-order chi connectivity index (χ1) is 9.22. The van der Waals surface area contributed by atoms with Crippen molar-refractivity contribution in [1.29, 1.82) is 0 Å². The van der Waals surface area contributed by atoms with Crippen LogP contribution >= 0.6 is 0 Å². The van der Waals surface area contributed by atoms with Crippen molar-refractivity contribution < 1.29 is 9.90 Å². The third kappa shape index (κ3) is 3.44. The smallest absolute Gasteiger partial charge is 0.257 e. The number of nitrogens with zero attached hydrogens (tertiary/aromatic N) is 2. The van der Waals surface area contributed by atoms with Crippen LogP contribution in [0.2, 0.25) is 0 Å². The molecule has 1 fully saturated rings. The fourth-order valence-corrected chi connectivity index (χ4v) is 2.51. The van der Waals surface area contributed by atoms with Gasteiger partial charge in [0.15, 0.2) is 0 Å². The zero-order valence-electron chi connectivity index (χ0n) is 11.3. The lowest BCUT2D eigenvalue weighted by molar-refractivity contribution is 0.0684. The van der Waals surface area contributed by atoms with E-state index in [4.69, 9.17) is 0 Å². The number of carbonyl (C=O) groups is 1. The normalized spacial score (nSPS) is 16.6. The molecule has 0 atom stereocenters. The number of rotatable bonds is 4. The number of hydrogen-bond donors (Lipinski definition) is 2. The van der Waals surface area contributed by atoms with Gasteiger partial charge >= 0.3 is 0 Å². The number of amides is 1. The van der Waals surface area contributed by atoms with E-state index in [2.05, 4.69) is 10.3 Å². The van der Waals surface area contributed by atoms with E-state index in [-0.39, 0.29) is 11.7 Å². The van der Waals surface area contributed by atoms with Gasteiger partial charge in [-0.1, -0.05) is 0 Å². The molecule has 1 aliphatic rings. The molecule has 0 aliphatic carbocycles. The molecule has 0 bridgehead atoms. The van der Waals surface area contributed by atoms with Crippen molar-refractivity contribution in [3.8, 4) is 5.75 Å². The molecule has 0 unspecified atom stereocenters. The van der Waals surface area contributed by atoms with E-state index in [0.29, 0.717) is 11.5 Å². The number of hydrogen-bond acceptors (Lipinski definition) is 4. The number of piperidine rings is 1. The summed E-state index contributed by atoms with van der Waals surface area (Å²) < 4.78 is 0. The first kappa shape index (κ1) is 13.8. The Balaban J connectivity index is 1.91. The predicted molar refractivity (Wildman–Crippen MR) is 73.1 cm³/mol. The van der Waals surface area contributed by atoms with Gasteiger partial charge in [-0.3, -0.25) is 9.78 Å². The van der Waals surface area contributed by atoms with E-state index in [1.807, 2.05) is 11.9 Å². The van der Waals surface area contributed by atoms with E-state index < -0.39 is 0 Å². The van der Waals surface area contributed by atoms with Gasteiger partial charge in [0.05, 0.1) is 11.8 Å². The molecule has 19 heavy (non-hydrogen) atoms. The molecule has 2 rings (SSSR count). The minimum absolute atomic E-state index is 0.0372. The molecule has 5 heteroatoms. The summed E-state index contributed by atoms with van der Waals surface area (Å²) in [5, 5.41) is 12.8. The van der Waals surface area contributed by atoms with Gasteiger partial charge in [-0.05, 0) is 44.8 Å². The van der Waals surface area contributed by atoms with Crippen LogP contribution in [0.4, 0.5) is 0 Å². The second kappa shape index (κ2) is 6.52. The minimum Gasteiger partial charge on any atom is -0.505 e. The molecule has 0 spiro atoms. The van der Waals surface area contributed by atoms with Crippen LogP contribution in [-0.2, 0) is 0 Å². The average molecular weight is 263 g/mol. The summed E-state index contributed by atoms with van der Waals surface area (Å²) in [4.78, 5) is 17.9. The summed E-state index contributed by atoms with van der Waals surface area (Å²) in [5.74, 6) is 0.569. The van der Waals surface area contributed by atoms with Gasteiger partial charge in [-0.25, -0.2) is 0 Å². The first-order valence-corrected chi connectivity index (χ1v) is 6.79. The average Bonchev–Trinajstić information content (AvgIpc) is 2.45. The van der Waals surface area contributed by atoms with Crippen molar-refractivity contribution in [3.05, 3.63) is 24.0 Å². The Labute approximate surface area is 113 Å². The predicted octanol–water partition coefficient (Wildman–Crippen LogP) is 1.25. The number of pyridine rings is 1. The zero-order valence-corrected chi connectivity index (χ0v) is 11.3. The molecule has 1 aromatic rings. The van der Waals surface area contributed by atoms with Crippen LogP contribution in [0.15, 0.2) is 18.5 Å². The Hall–Kier alpha value is -1.62. The standard InChI is InChI=1S/C14H21N3O2/c1-15-6-2-11-4-8-17(9-5-11)14(19)12-3-7-16-10-13(12)18/h3,7,10-11,15,18H,2,4-6,8-9H2,1H3. The van der Waals surface area contributed by atoms with E-state index >= 15 is 0 Å². The van der Waals surface area contributed by atoms with E-state index in [9.17, 15) is 9.90 Å². The van der Waals surface area contributed by atoms with E-state index in [0.717, 1.165) is 32.5 Å². The van der Waals surface area contributed by atoms with Crippen molar-refractivity contribution >= 4 is 5.91 Å². The number of carbonyl (C=O) groups excluding carboxylic acids is 1. The molecular formula is C14H21N3O2. The Morgan fingerprint density at radius 3 is 2.89 bits per heavy atom. The maximum atomic E-state index is 12.3. The molecule has 1 saturated heterocycles. The highest BCUT2D eigenvalue weighted by Gasteiger charge is 2.24. The van der Waals surface area contributed by atoms with Gasteiger partial charge in [0, 0.05) is 19.3 Å². The monoisotopic (exact) mass is 263 g/mol. The highest BCUT2D eigenvalue weighted by Crippen LogP contribution is 2.23. The molecule has 1 aromatic heterocycles. The molecule has 1 amide bonds. The van der Waals surface area contributed by atoms with Gasteiger partial charge in [0.25, 0.3) is 5.91 Å². The van der Waals surface area contributed by atoms with Crippen LogP contribution in [-0.4, -0.2) is 47.6 Å². The van der Waals surface area contributed by atoms with Crippen molar-refractivity contribution in [3.63, 3.8) is 0 Å². The maximum absolute atomic E-state index is 12.3. The van der Waals surface area contributed by atoms with Crippen LogP contribution < -0.4 is 5.32 Å². The Morgan fingerprint density at radius 1 is 1.53 bits per heavy atom. The molecule has 0 radical (unpaired) electrons. The fraction of sp³-hybridized carbons (Fsp3) is 0.571. The summed E-state index contributed by atoms with van der Waals surface area (Å²) in [7, 11) is 1.96. The SMILES string of the molecule is CNCCC1CCN(C(=O)c2ccncc2O)CC1. The molecule has 2 heterocycles. The van der Waals surface area contributed by atoms with Gasteiger partial charge in [-0.15, -0.1) is 0 Å². The lowest BCUT2D eigenvalue weighted by Crippen LogP contribution is -2.39. The minimum atomic E-state index is -0.0908. The van der Waals surface area contributed by atoms with Crippen molar-refractivity contribution in [2.45, 2.75) is 19.3 Å². The van der Waals surface area contributed by atoms with Crippen molar-refractivity contribution in [1.82, 2.24) is 15.2 Å². The number of aromatic hydroxyl groups is 1. The van der Waals surface area contributed by atoms with E-state index in [1.54, 1.807) is 6.07 Å². The topological polar surface area (TPSA) is 65.5 Å². The maximum Gasteiger partial charge on any atom is 0.257 e. The van der Waals surface area contributed by atoms with Crippen LogP contribution in [0.1, 0.15) is 29.6 Å². The Bertz CT molecular complexity index is 428. The molecule has 0 saturated carbocycles. The number of aromatic nitrogens is 1. The lowest BCUT2D eigenvalue weighted by atomic mass is 9.93. The molecule has 5 nitrogen and oxygen atoms in total. The van der Waals surface area contributed by atoms with Gasteiger partial charge in [0.2, 0.25) is 0 Å². The quantitative estimate of drug-likeness (QED) is 0.858. The second-order valence-electron chi connectivity index (χ2n) is 5.02. The first-order valence-electron chi connectivity index (χ1n) is 6.79. The molecule has 0 aromatic carbocycles. The highest BCUT2D eigenvalue weighted by molar-refractivity contribution is 5.96. The third-order valence-corrected chi connectivity index (χ3v) is 3.73. The zero-order chi connectivity index (χ0) is 13.7. The fourth-order valence-electron chi connectivity index (χ4n) is 2.51. The molecular weight excluding hydrogens is 242 g/mol. The largest absolute Gasteiger partial charge is 0.505 e. The van der Waals surface area contributed by atoms with Gasteiger partial charge in [-0.2, -0.15) is 0 Å². The molecule has 2 N–H and O–H groups in total. The summed E-state index contributed by atoms with van der Waals surface area (Å²) >= 11 is 0. The van der Waals surface area contributed by atoms with Crippen LogP contribution in [0.5, 0.6) is 5.75 Å². The summed E-state index contributed by atoms with van der Waals surface area (Å²) in [6.07, 6.45) is 6.09. The van der Waals surface area contributed by atoms with Crippen molar-refractivity contribution in [2.24, 2.45) is 5.92 Å². The number of likely N-dealkylation sites (tertiary alicyclic amines) is 1. The van der Waals surface area contributed by atoms with Crippen LogP contribution in [0.3, 0.4) is 0 Å². The Morgan fingerprint density at radius 2 is 2.26 bits per heavy atom. The lowest BCUT2D eigenvalue weighted by Gasteiger charge is -2.32. The summed E-state index contributed by atoms with van der Waals surface area (Å²) in [6, 6.07) is 1.57. The Kier molecular flexibility index (Phi) is 4.74. The second-order valence-corrected chi connectivity index (χ2v) is 5.02. The third-order valence-electron chi connectivity index (χ3n) is 3.73. The highest BCUT2D eigenvalue weighted by atomic mass is 16.3. The van der Waals surface area contributed by atoms with Gasteiger partial charge in [0.1, 0.15) is 5.75 Å². The summed E-state index contributed by atoms with van der Waals surface area (Å²) in [6.45, 7) is 2.58.